The summed E-state index contributed by atoms with van der Waals surface area (Å²) in [6.45, 7) is 5.29. The Bertz CT molecular complexity index is 586. The summed E-state index contributed by atoms with van der Waals surface area (Å²) in [6, 6.07) is 0.121. The smallest absolute Gasteiger partial charge is 0.426 e. The van der Waals surface area contributed by atoms with Crippen molar-refractivity contribution in [2.75, 3.05) is 11.3 Å². The lowest BCUT2D eigenvalue weighted by Crippen LogP contribution is -2.51. The normalized spacial score (nSPS) is 15.7. The topological polar surface area (TPSA) is 87.6 Å². The van der Waals surface area contributed by atoms with E-state index in [0.717, 1.165) is 25.7 Å². The monoisotopic (exact) mass is 368 g/mol. The lowest BCUT2D eigenvalue weighted by atomic mass is 9.95. The summed E-state index contributed by atoms with van der Waals surface area (Å²) in [7, 11) is 0. The van der Waals surface area contributed by atoms with Crippen LogP contribution in [0.25, 0.3) is 0 Å². The number of carbonyl (C=O) groups is 1. The minimum atomic E-state index is -0.585. The fraction of sp³-hybridized carbons (Fsp3) is 0.706. The van der Waals surface area contributed by atoms with Crippen molar-refractivity contribution in [1.82, 2.24) is 15.4 Å². The van der Waals surface area contributed by atoms with Crippen LogP contribution < -0.4 is 10.4 Å². The Balaban J connectivity index is 2.32. The second-order valence-corrected chi connectivity index (χ2v) is 7.91. The highest BCUT2D eigenvalue weighted by atomic mass is 32.2. The number of aliphatic hydroxyl groups is 1. The zero-order chi connectivity index (χ0) is 18.4. The second kappa shape index (κ2) is 8.71. The van der Waals surface area contributed by atoms with Crippen molar-refractivity contribution in [1.29, 1.82) is 0 Å². The first-order chi connectivity index (χ1) is 11.8. The number of anilines is 1. The van der Waals surface area contributed by atoms with Crippen LogP contribution in [0.5, 0.6) is 0 Å². The van der Waals surface area contributed by atoms with Crippen LogP contribution in [0.15, 0.2) is 11.4 Å². The van der Waals surface area contributed by atoms with E-state index in [2.05, 4.69) is 15.4 Å². The van der Waals surface area contributed by atoms with Gasteiger partial charge in [-0.1, -0.05) is 31.0 Å². The summed E-state index contributed by atoms with van der Waals surface area (Å²) in [4.78, 5) is 21.1. The highest BCUT2D eigenvalue weighted by Crippen LogP contribution is 2.28. The predicted octanol–water partition coefficient (Wildman–Crippen LogP) is 3.27. The van der Waals surface area contributed by atoms with Gasteiger partial charge in [0.2, 0.25) is 0 Å². The molecule has 1 aromatic heterocycles. The van der Waals surface area contributed by atoms with Gasteiger partial charge in [0.25, 0.3) is 0 Å². The molecule has 140 valence electrons. The molecule has 0 spiro atoms. The van der Waals surface area contributed by atoms with Gasteiger partial charge in [-0.25, -0.2) is 20.2 Å². The first-order valence-electron chi connectivity index (χ1n) is 8.63. The molecule has 2 rings (SSSR count). The van der Waals surface area contributed by atoms with E-state index < -0.39 is 11.7 Å². The van der Waals surface area contributed by atoms with Crippen LogP contribution in [0.3, 0.4) is 0 Å². The summed E-state index contributed by atoms with van der Waals surface area (Å²) in [5.41, 5.74) is 2.84. The van der Waals surface area contributed by atoms with Gasteiger partial charge in [0.15, 0.2) is 11.0 Å². The van der Waals surface area contributed by atoms with E-state index in [9.17, 15) is 9.90 Å². The highest BCUT2D eigenvalue weighted by molar-refractivity contribution is 7.98. The SMILES string of the molecule is CSc1ncc(CO)c(N(NC(=O)OC(C)(C)C)C2CCCCC2)n1. The van der Waals surface area contributed by atoms with Crippen molar-refractivity contribution in [3.63, 3.8) is 0 Å². The Labute approximate surface area is 153 Å². The van der Waals surface area contributed by atoms with Gasteiger partial charge in [0, 0.05) is 11.8 Å². The van der Waals surface area contributed by atoms with Crippen molar-refractivity contribution in [2.24, 2.45) is 0 Å². The van der Waals surface area contributed by atoms with Gasteiger partial charge in [0.1, 0.15) is 5.60 Å². The van der Waals surface area contributed by atoms with Gasteiger partial charge in [0.05, 0.1) is 12.6 Å². The predicted molar refractivity (Wildman–Crippen MR) is 98.5 cm³/mol. The number of aliphatic hydroxyl groups excluding tert-OH is 1. The third-order valence-corrected chi connectivity index (χ3v) is 4.51. The number of aromatic nitrogens is 2. The maximum absolute atomic E-state index is 12.4. The number of ether oxygens (including phenoxy) is 1. The Kier molecular flexibility index (Phi) is 6.89. The van der Waals surface area contributed by atoms with Crippen molar-refractivity contribution in [2.45, 2.75) is 76.3 Å². The maximum atomic E-state index is 12.4. The Morgan fingerprint density at radius 3 is 2.64 bits per heavy atom. The van der Waals surface area contributed by atoms with Crippen LogP contribution >= 0.6 is 11.8 Å². The van der Waals surface area contributed by atoms with E-state index in [1.54, 1.807) is 11.2 Å². The summed E-state index contributed by atoms with van der Waals surface area (Å²) in [5, 5.41) is 12.1. The molecule has 1 aromatic rings. The summed E-state index contributed by atoms with van der Waals surface area (Å²) < 4.78 is 5.41. The number of thioether (sulfide) groups is 1. The third kappa shape index (κ3) is 5.74. The van der Waals surface area contributed by atoms with E-state index in [1.807, 2.05) is 27.0 Å². The Hall–Kier alpha value is -1.54. The molecule has 0 saturated heterocycles. The molecule has 7 nitrogen and oxygen atoms in total. The molecule has 0 aromatic carbocycles. The molecule has 1 aliphatic rings. The van der Waals surface area contributed by atoms with E-state index in [4.69, 9.17) is 4.74 Å². The largest absolute Gasteiger partial charge is 0.443 e. The molecule has 1 heterocycles. The number of nitrogens with one attached hydrogen (secondary N) is 1. The number of hydrogen-bond donors (Lipinski definition) is 2. The third-order valence-electron chi connectivity index (χ3n) is 3.95. The van der Waals surface area contributed by atoms with Gasteiger partial charge in [-0.15, -0.1) is 0 Å². The van der Waals surface area contributed by atoms with Crippen LogP contribution in [-0.2, 0) is 11.3 Å². The molecule has 25 heavy (non-hydrogen) atoms. The molecular formula is C17H28N4O3S. The summed E-state index contributed by atoms with van der Waals surface area (Å²) in [5.74, 6) is 0.541. The Morgan fingerprint density at radius 2 is 2.08 bits per heavy atom. The summed E-state index contributed by atoms with van der Waals surface area (Å²) in [6.07, 6.45) is 8.30. The van der Waals surface area contributed by atoms with Gasteiger partial charge in [-0.2, -0.15) is 0 Å². The molecule has 0 atom stereocenters. The lowest BCUT2D eigenvalue weighted by Gasteiger charge is -2.36. The molecule has 1 saturated carbocycles. The van der Waals surface area contributed by atoms with Crippen LogP contribution in [0.2, 0.25) is 0 Å². The fourth-order valence-corrected chi connectivity index (χ4v) is 3.19. The standard InChI is InChI=1S/C17H28N4O3S/c1-17(2,3)24-16(23)20-21(13-8-6-5-7-9-13)14-12(11-22)10-18-15(19-14)25-4/h10,13,22H,5-9,11H2,1-4H3,(H,20,23). The average molecular weight is 369 g/mol. The number of hydrogen-bond acceptors (Lipinski definition) is 7. The molecule has 1 aliphatic carbocycles. The molecule has 1 amide bonds. The van der Waals surface area contributed by atoms with Gasteiger partial charge in [-0.3, -0.25) is 5.01 Å². The van der Waals surface area contributed by atoms with Crippen molar-refractivity contribution < 1.29 is 14.6 Å². The minimum Gasteiger partial charge on any atom is -0.443 e. The van der Waals surface area contributed by atoms with Crippen LogP contribution in [-0.4, -0.2) is 39.1 Å². The molecule has 0 aliphatic heterocycles. The molecule has 2 N–H and O–H groups in total. The van der Waals surface area contributed by atoms with Crippen molar-refractivity contribution in [3.8, 4) is 0 Å². The highest BCUT2D eigenvalue weighted by Gasteiger charge is 2.28. The second-order valence-electron chi connectivity index (χ2n) is 7.14. The molecule has 0 bridgehead atoms. The van der Waals surface area contributed by atoms with Crippen molar-refractivity contribution in [3.05, 3.63) is 11.8 Å². The Morgan fingerprint density at radius 1 is 1.40 bits per heavy atom. The van der Waals surface area contributed by atoms with Crippen LogP contribution in [0.1, 0.15) is 58.4 Å². The van der Waals surface area contributed by atoms with Gasteiger partial charge >= 0.3 is 6.09 Å². The number of amides is 1. The average Bonchev–Trinajstić information content (AvgIpc) is 2.58. The van der Waals surface area contributed by atoms with Crippen molar-refractivity contribution >= 4 is 23.7 Å². The lowest BCUT2D eigenvalue weighted by molar-refractivity contribution is 0.0510. The van der Waals surface area contributed by atoms with E-state index >= 15 is 0 Å². The fourth-order valence-electron chi connectivity index (χ4n) is 2.86. The summed E-state index contributed by atoms with van der Waals surface area (Å²) >= 11 is 1.42. The maximum Gasteiger partial charge on any atom is 0.426 e. The van der Waals surface area contributed by atoms with E-state index in [1.165, 1.54) is 18.2 Å². The molecule has 1 fully saturated rings. The zero-order valence-corrected chi connectivity index (χ0v) is 16.2. The van der Waals surface area contributed by atoms with Gasteiger partial charge < -0.3 is 9.84 Å². The molecular weight excluding hydrogens is 340 g/mol. The molecule has 0 unspecified atom stereocenters. The van der Waals surface area contributed by atoms with Crippen LogP contribution in [0, 0.1) is 0 Å². The number of rotatable bonds is 5. The first kappa shape index (κ1) is 19.8. The minimum absolute atomic E-state index is 0.121. The number of carbonyl (C=O) groups excluding carboxylic acids is 1. The quantitative estimate of drug-likeness (QED) is 0.468. The molecule has 8 heteroatoms. The van der Waals surface area contributed by atoms with E-state index in [0.29, 0.717) is 16.5 Å². The number of hydrazine groups is 1. The molecule has 0 radical (unpaired) electrons. The number of nitrogens with zero attached hydrogens (tertiary/aromatic N) is 3. The zero-order valence-electron chi connectivity index (χ0n) is 15.4. The van der Waals surface area contributed by atoms with Gasteiger partial charge in [-0.05, 0) is 39.9 Å². The van der Waals surface area contributed by atoms with Crippen LogP contribution in [0.4, 0.5) is 10.6 Å². The first-order valence-corrected chi connectivity index (χ1v) is 9.86. The van der Waals surface area contributed by atoms with E-state index in [-0.39, 0.29) is 12.6 Å².